The summed E-state index contributed by atoms with van der Waals surface area (Å²) >= 11 is 0. The molecule has 0 aromatic heterocycles. The van der Waals surface area contributed by atoms with Gasteiger partial charge in [-0.1, -0.05) is 12.1 Å². The van der Waals surface area contributed by atoms with E-state index in [-0.39, 0.29) is 12.1 Å². The van der Waals surface area contributed by atoms with Crippen molar-refractivity contribution in [2.75, 3.05) is 0 Å². The summed E-state index contributed by atoms with van der Waals surface area (Å²) in [7, 11) is 0. The van der Waals surface area contributed by atoms with Crippen molar-refractivity contribution < 1.29 is 4.74 Å². The SMILES string of the molecule is N#Cc1ccccc1OC1CC(N)C1. The van der Waals surface area contributed by atoms with Crippen LogP contribution in [0.2, 0.25) is 0 Å². The lowest BCUT2D eigenvalue weighted by Gasteiger charge is -2.32. The summed E-state index contributed by atoms with van der Waals surface area (Å²) in [6.45, 7) is 0. The standard InChI is InChI=1S/C11H12N2O/c12-7-8-3-1-2-4-11(8)14-10-5-9(13)6-10/h1-4,9-10H,5-6,13H2. The minimum Gasteiger partial charge on any atom is -0.489 e. The predicted octanol–water partition coefficient (Wildman–Crippen LogP) is 1.43. The maximum atomic E-state index is 8.82. The first-order valence-electron chi connectivity index (χ1n) is 4.71. The van der Waals surface area contributed by atoms with Gasteiger partial charge in [-0.15, -0.1) is 0 Å². The number of nitrogens with two attached hydrogens (primary N) is 1. The molecule has 0 unspecified atom stereocenters. The highest BCUT2D eigenvalue weighted by molar-refractivity contribution is 5.42. The average molecular weight is 188 g/mol. The third-order valence-corrected chi connectivity index (χ3v) is 2.43. The molecular formula is C11H12N2O. The second-order valence-electron chi connectivity index (χ2n) is 3.58. The number of nitrogens with zero attached hydrogens (tertiary/aromatic N) is 1. The van der Waals surface area contributed by atoms with Crippen LogP contribution in [0.4, 0.5) is 0 Å². The van der Waals surface area contributed by atoms with Gasteiger partial charge in [-0.05, 0) is 25.0 Å². The van der Waals surface area contributed by atoms with Crippen LogP contribution in [0, 0.1) is 11.3 Å². The van der Waals surface area contributed by atoms with Gasteiger partial charge in [-0.2, -0.15) is 5.26 Å². The van der Waals surface area contributed by atoms with E-state index in [1.165, 1.54) is 0 Å². The van der Waals surface area contributed by atoms with Gasteiger partial charge in [-0.25, -0.2) is 0 Å². The van der Waals surface area contributed by atoms with Crippen LogP contribution in [0.3, 0.4) is 0 Å². The van der Waals surface area contributed by atoms with Crippen molar-refractivity contribution in [2.24, 2.45) is 5.73 Å². The summed E-state index contributed by atoms with van der Waals surface area (Å²) in [5.74, 6) is 0.673. The Balaban J connectivity index is 2.06. The molecule has 1 aliphatic carbocycles. The van der Waals surface area contributed by atoms with Crippen molar-refractivity contribution in [2.45, 2.75) is 25.0 Å². The fraction of sp³-hybridized carbons (Fsp3) is 0.364. The van der Waals surface area contributed by atoms with Gasteiger partial charge in [0, 0.05) is 6.04 Å². The van der Waals surface area contributed by atoms with E-state index in [2.05, 4.69) is 6.07 Å². The second kappa shape index (κ2) is 3.69. The molecule has 0 spiro atoms. The zero-order valence-electron chi connectivity index (χ0n) is 7.81. The van der Waals surface area contributed by atoms with Crippen molar-refractivity contribution in [3.05, 3.63) is 29.8 Å². The van der Waals surface area contributed by atoms with Crippen LogP contribution in [0.15, 0.2) is 24.3 Å². The second-order valence-corrected chi connectivity index (χ2v) is 3.58. The van der Waals surface area contributed by atoms with E-state index in [0.29, 0.717) is 11.3 Å². The third kappa shape index (κ3) is 1.70. The van der Waals surface area contributed by atoms with Gasteiger partial charge in [0.25, 0.3) is 0 Å². The van der Waals surface area contributed by atoms with E-state index in [0.717, 1.165) is 12.8 Å². The molecule has 0 heterocycles. The number of para-hydroxylation sites is 1. The molecule has 14 heavy (non-hydrogen) atoms. The van der Waals surface area contributed by atoms with Gasteiger partial charge in [-0.3, -0.25) is 0 Å². The Kier molecular flexibility index (Phi) is 2.38. The molecular weight excluding hydrogens is 176 g/mol. The molecule has 1 aliphatic rings. The maximum absolute atomic E-state index is 8.82. The topological polar surface area (TPSA) is 59.0 Å². The fourth-order valence-electron chi connectivity index (χ4n) is 1.54. The molecule has 0 amide bonds. The van der Waals surface area contributed by atoms with Crippen LogP contribution in [0.25, 0.3) is 0 Å². The van der Waals surface area contributed by atoms with Crippen LogP contribution >= 0.6 is 0 Å². The van der Waals surface area contributed by atoms with Gasteiger partial charge in [0.15, 0.2) is 0 Å². The monoisotopic (exact) mass is 188 g/mol. The molecule has 0 saturated heterocycles. The molecule has 0 radical (unpaired) electrons. The zero-order chi connectivity index (χ0) is 9.97. The summed E-state index contributed by atoms with van der Waals surface area (Å²) in [4.78, 5) is 0. The van der Waals surface area contributed by atoms with Gasteiger partial charge >= 0.3 is 0 Å². The van der Waals surface area contributed by atoms with Gasteiger partial charge in [0.05, 0.1) is 5.56 Å². The molecule has 2 rings (SSSR count). The lowest BCUT2D eigenvalue weighted by atomic mass is 9.90. The molecule has 2 N–H and O–H groups in total. The first-order chi connectivity index (χ1) is 6.79. The minimum atomic E-state index is 0.194. The van der Waals surface area contributed by atoms with Crippen LogP contribution in [-0.2, 0) is 0 Å². The van der Waals surface area contributed by atoms with Crippen molar-refractivity contribution in [3.63, 3.8) is 0 Å². The number of hydrogen-bond donors (Lipinski definition) is 1. The Morgan fingerprint density at radius 1 is 1.36 bits per heavy atom. The Morgan fingerprint density at radius 2 is 2.07 bits per heavy atom. The highest BCUT2D eigenvalue weighted by atomic mass is 16.5. The molecule has 1 saturated carbocycles. The number of nitriles is 1. The van der Waals surface area contributed by atoms with Crippen LogP contribution in [-0.4, -0.2) is 12.1 Å². The maximum Gasteiger partial charge on any atom is 0.137 e. The number of benzene rings is 1. The lowest BCUT2D eigenvalue weighted by Crippen LogP contribution is -2.43. The van der Waals surface area contributed by atoms with E-state index in [1.54, 1.807) is 6.07 Å². The van der Waals surface area contributed by atoms with Gasteiger partial charge in [0.1, 0.15) is 17.9 Å². The third-order valence-electron chi connectivity index (χ3n) is 2.43. The first-order valence-corrected chi connectivity index (χ1v) is 4.71. The number of ether oxygens (including phenoxy) is 1. The first kappa shape index (κ1) is 9.04. The quantitative estimate of drug-likeness (QED) is 0.763. The fourth-order valence-corrected chi connectivity index (χ4v) is 1.54. The molecule has 3 nitrogen and oxygen atoms in total. The summed E-state index contributed by atoms with van der Waals surface area (Å²) in [6, 6.07) is 9.66. The van der Waals surface area contributed by atoms with E-state index >= 15 is 0 Å². The molecule has 0 atom stereocenters. The lowest BCUT2D eigenvalue weighted by molar-refractivity contribution is 0.101. The molecule has 1 aromatic rings. The molecule has 72 valence electrons. The highest BCUT2D eigenvalue weighted by Crippen LogP contribution is 2.26. The van der Waals surface area contributed by atoms with E-state index < -0.39 is 0 Å². The molecule has 1 aromatic carbocycles. The Bertz CT molecular complexity index is 364. The summed E-state index contributed by atoms with van der Waals surface area (Å²) < 4.78 is 5.64. The molecule has 0 bridgehead atoms. The Labute approximate surface area is 83.1 Å². The number of rotatable bonds is 2. The van der Waals surface area contributed by atoms with Crippen molar-refractivity contribution in [3.8, 4) is 11.8 Å². The average Bonchev–Trinajstić information content (AvgIpc) is 2.16. The Morgan fingerprint density at radius 3 is 2.71 bits per heavy atom. The van der Waals surface area contributed by atoms with Crippen molar-refractivity contribution in [1.82, 2.24) is 0 Å². The Hall–Kier alpha value is -1.53. The predicted molar refractivity (Wildman–Crippen MR) is 52.8 cm³/mol. The van der Waals surface area contributed by atoms with Gasteiger partial charge in [0.2, 0.25) is 0 Å². The normalized spacial score (nSPS) is 24.9. The van der Waals surface area contributed by atoms with Crippen LogP contribution in [0.1, 0.15) is 18.4 Å². The molecule has 1 fully saturated rings. The smallest absolute Gasteiger partial charge is 0.137 e. The minimum absolute atomic E-state index is 0.194. The molecule has 3 heteroatoms. The van der Waals surface area contributed by atoms with E-state index in [1.807, 2.05) is 18.2 Å². The summed E-state index contributed by atoms with van der Waals surface area (Å²) in [5, 5.41) is 8.82. The van der Waals surface area contributed by atoms with E-state index in [9.17, 15) is 0 Å². The number of hydrogen-bond acceptors (Lipinski definition) is 3. The zero-order valence-corrected chi connectivity index (χ0v) is 7.81. The van der Waals surface area contributed by atoms with Crippen molar-refractivity contribution in [1.29, 1.82) is 5.26 Å². The van der Waals surface area contributed by atoms with Gasteiger partial charge < -0.3 is 10.5 Å². The van der Waals surface area contributed by atoms with E-state index in [4.69, 9.17) is 15.7 Å². The molecule has 0 aliphatic heterocycles. The van der Waals surface area contributed by atoms with Crippen molar-refractivity contribution >= 4 is 0 Å². The van der Waals surface area contributed by atoms with Crippen LogP contribution < -0.4 is 10.5 Å². The summed E-state index contributed by atoms with van der Waals surface area (Å²) in [6.07, 6.45) is 1.97. The summed E-state index contributed by atoms with van der Waals surface area (Å²) in [5.41, 5.74) is 6.24. The van der Waals surface area contributed by atoms with Crippen LogP contribution in [0.5, 0.6) is 5.75 Å². The highest BCUT2D eigenvalue weighted by Gasteiger charge is 2.28. The largest absolute Gasteiger partial charge is 0.489 e.